The quantitative estimate of drug-likeness (QED) is 0.522. The molecule has 1 aliphatic carbocycles. The van der Waals surface area contributed by atoms with Gasteiger partial charge in [0.25, 0.3) is 11.8 Å². The molecule has 3 N–H and O–H groups in total. The van der Waals surface area contributed by atoms with Crippen molar-refractivity contribution >= 4 is 29.0 Å². The number of aromatic nitrogens is 2. The molecule has 2 amide bonds. The first-order valence-corrected chi connectivity index (χ1v) is 13.3. The number of hydrogen-bond acceptors (Lipinski definition) is 7. The van der Waals surface area contributed by atoms with Crippen molar-refractivity contribution in [2.24, 2.45) is 0 Å². The van der Waals surface area contributed by atoms with Gasteiger partial charge in [0, 0.05) is 29.9 Å². The van der Waals surface area contributed by atoms with Crippen LogP contribution in [0.2, 0.25) is 0 Å². The average molecular weight is 500 g/mol. The molecule has 2 aromatic rings. The van der Waals surface area contributed by atoms with Crippen LogP contribution in [-0.4, -0.2) is 61.6 Å². The molecule has 0 radical (unpaired) electrons. The number of carbonyl (C=O) groups excluding carboxylic acids is 2. The van der Waals surface area contributed by atoms with Gasteiger partial charge in [0.15, 0.2) is 5.01 Å². The normalized spacial score (nSPS) is 20.3. The van der Waals surface area contributed by atoms with E-state index >= 15 is 0 Å². The Kier molecular flexibility index (Phi) is 6.94. The van der Waals surface area contributed by atoms with E-state index in [-0.39, 0.29) is 22.5 Å². The Balaban J connectivity index is 1.69. The highest BCUT2D eigenvalue weighted by molar-refractivity contribution is 7.17. The first-order chi connectivity index (χ1) is 16.4. The molecule has 0 spiro atoms. The van der Waals surface area contributed by atoms with Crippen LogP contribution in [0.5, 0.6) is 0 Å². The number of aliphatic hydroxyl groups is 1. The van der Waals surface area contributed by atoms with E-state index < -0.39 is 17.6 Å². The van der Waals surface area contributed by atoms with Gasteiger partial charge in [-0.1, -0.05) is 0 Å². The Morgan fingerprint density at radius 1 is 1.31 bits per heavy atom. The molecule has 4 rings (SSSR count). The van der Waals surface area contributed by atoms with Crippen LogP contribution < -0.4 is 10.6 Å². The maximum atomic E-state index is 13.5. The number of carbonyl (C=O) groups is 2. The fourth-order valence-corrected chi connectivity index (χ4v) is 5.59. The van der Waals surface area contributed by atoms with Gasteiger partial charge in [0.2, 0.25) is 0 Å². The van der Waals surface area contributed by atoms with Crippen molar-refractivity contribution in [2.45, 2.75) is 96.9 Å². The maximum Gasteiger partial charge on any atom is 0.280 e. The van der Waals surface area contributed by atoms with Crippen molar-refractivity contribution in [1.82, 2.24) is 20.2 Å². The largest absolute Gasteiger partial charge is 0.388 e. The Morgan fingerprint density at radius 2 is 2.03 bits per heavy atom. The van der Waals surface area contributed by atoms with E-state index in [1.807, 2.05) is 24.8 Å². The summed E-state index contributed by atoms with van der Waals surface area (Å²) in [5.74, 6) is 0.261. The predicted octanol–water partition coefficient (Wildman–Crippen LogP) is 4.38. The summed E-state index contributed by atoms with van der Waals surface area (Å²) in [6.45, 7) is 12.0. The standard InChI is InChI=1S/C26H37N5O3S/c1-15-13-19(30-26(6)10-8-11-26)27-14-18(15)21-20(24(33)31-12-7-9-16(31)2)29-23(35-21)22(32)28-17(3)25(4,5)34/h13-14,16-17,34H,7-12H2,1-6H3,(H,27,30)(H,28,32)/t16-,17-/m0/s1. The Morgan fingerprint density at radius 3 is 2.57 bits per heavy atom. The zero-order valence-electron chi connectivity index (χ0n) is 21.6. The second-order valence-electron chi connectivity index (χ2n) is 11.0. The number of aryl methyl sites for hydroxylation is 1. The molecule has 0 unspecified atom stereocenters. The number of rotatable bonds is 7. The van der Waals surface area contributed by atoms with E-state index in [0.29, 0.717) is 17.1 Å². The minimum atomic E-state index is -1.08. The lowest BCUT2D eigenvalue weighted by atomic mass is 9.78. The number of hydrogen-bond donors (Lipinski definition) is 3. The Bertz CT molecular complexity index is 1120. The minimum Gasteiger partial charge on any atom is -0.388 e. The molecule has 2 aliphatic rings. The predicted molar refractivity (Wildman–Crippen MR) is 139 cm³/mol. The van der Waals surface area contributed by atoms with E-state index in [2.05, 4.69) is 27.5 Å². The van der Waals surface area contributed by atoms with Crippen LogP contribution in [0.25, 0.3) is 10.4 Å². The van der Waals surface area contributed by atoms with Crippen LogP contribution in [-0.2, 0) is 0 Å². The number of nitrogens with one attached hydrogen (secondary N) is 2. The van der Waals surface area contributed by atoms with Gasteiger partial charge in [-0.15, -0.1) is 11.3 Å². The number of anilines is 1. The van der Waals surface area contributed by atoms with Gasteiger partial charge in [-0.2, -0.15) is 0 Å². The summed E-state index contributed by atoms with van der Waals surface area (Å²) < 4.78 is 0. The van der Waals surface area contributed by atoms with Gasteiger partial charge >= 0.3 is 0 Å². The molecule has 190 valence electrons. The monoisotopic (exact) mass is 499 g/mol. The van der Waals surface area contributed by atoms with Crippen molar-refractivity contribution < 1.29 is 14.7 Å². The van der Waals surface area contributed by atoms with Gasteiger partial charge in [-0.3, -0.25) is 9.59 Å². The molecule has 1 saturated heterocycles. The third-order valence-corrected chi connectivity index (χ3v) is 8.57. The summed E-state index contributed by atoms with van der Waals surface area (Å²) in [6.07, 6.45) is 7.16. The van der Waals surface area contributed by atoms with Crippen LogP contribution in [0.1, 0.15) is 92.6 Å². The zero-order valence-corrected chi connectivity index (χ0v) is 22.4. The van der Waals surface area contributed by atoms with E-state index in [4.69, 9.17) is 0 Å². The Labute approximate surface area is 211 Å². The summed E-state index contributed by atoms with van der Waals surface area (Å²) in [4.78, 5) is 38.2. The van der Waals surface area contributed by atoms with Crippen molar-refractivity contribution in [1.29, 1.82) is 0 Å². The smallest absolute Gasteiger partial charge is 0.280 e. The van der Waals surface area contributed by atoms with Gasteiger partial charge in [0.05, 0.1) is 16.5 Å². The number of pyridine rings is 1. The second kappa shape index (κ2) is 9.50. The summed E-state index contributed by atoms with van der Waals surface area (Å²) >= 11 is 1.20. The molecule has 2 aromatic heterocycles. The van der Waals surface area contributed by atoms with E-state index in [1.54, 1.807) is 27.0 Å². The Hall–Kier alpha value is -2.52. The third-order valence-electron chi connectivity index (χ3n) is 7.49. The molecular weight excluding hydrogens is 462 g/mol. The third kappa shape index (κ3) is 5.35. The molecule has 2 atom stereocenters. The minimum absolute atomic E-state index is 0.0842. The molecule has 9 heteroatoms. The van der Waals surface area contributed by atoms with Crippen LogP contribution in [0.4, 0.5) is 5.82 Å². The van der Waals surface area contributed by atoms with Crippen molar-refractivity contribution in [3.05, 3.63) is 28.5 Å². The number of thiazole rings is 1. The SMILES string of the molecule is Cc1cc(NC2(C)CCC2)ncc1-c1sc(C(=O)N[C@@H](C)C(C)(C)O)nc1C(=O)N1CCC[C@@H]1C. The number of amides is 2. The lowest BCUT2D eigenvalue weighted by molar-refractivity contribution is 0.0408. The molecule has 1 saturated carbocycles. The van der Waals surface area contributed by atoms with Gasteiger partial charge in [0.1, 0.15) is 11.5 Å². The summed E-state index contributed by atoms with van der Waals surface area (Å²) in [6, 6.07) is 1.65. The van der Waals surface area contributed by atoms with Crippen molar-refractivity contribution in [3.8, 4) is 10.4 Å². The van der Waals surface area contributed by atoms with E-state index in [0.717, 1.165) is 42.6 Å². The number of nitrogens with zero attached hydrogens (tertiary/aromatic N) is 3. The zero-order chi connectivity index (χ0) is 25.5. The molecule has 8 nitrogen and oxygen atoms in total. The topological polar surface area (TPSA) is 107 Å². The number of likely N-dealkylation sites (tertiary alicyclic amines) is 1. The lowest BCUT2D eigenvalue weighted by Gasteiger charge is -2.39. The van der Waals surface area contributed by atoms with Crippen LogP contribution in [0, 0.1) is 6.92 Å². The highest BCUT2D eigenvalue weighted by Crippen LogP contribution is 2.37. The molecule has 3 heterocycles. The van der Waals surface area contributed by atoms with Gasteiger partial charge < -0.3 is 20.6 Å². The molecule has 0 aromatic carbocycles. The van der Waals surface area contributed by atoms with E-state index in [1.165, 1.54) is 17.8 Å². The second-order valence-corrected chi connectivity index (χ2v) is 12.0. The molecular formula is C26H37N5O3S. The van der Waals surface area contributed by atoms with Crippen molar-refractivity contribution in [3.63, 3.8) is 0 Å². The van der Waals surface area contributed by atoms with Crippen molar-refractivity contribution in [2.75, 3.05) is 11.9 Å². The van der Waals surface area contributed by atoms with Gasteiger partial charge in [-0.25, -0.2) is 9.97 Å². The summed E-state index contributed by atoms with van der Waals surface area (Å²) in [5, 5.41) is 16.8. The lowest BCUT2D eigenvalue weighted by Crippen LogP contribution is -2.47. The average Bonchev–Trinajstić information content (AvgIpc) is 3.38. The fourth-order valence-electron chi connectivity index (χ4n) is 4.55. The highest BCUT2D eigenvalue weighted by Gasteiger charge is 2.34. The first-order valence-electron chi connectivity index (χ1n) is 12.5. The maximum absolute atomic E-state index is 13.5. The van der Waals surface area contributed by atoms with Crippen LogP contribution in [0.15, 0.2) is 12.3 Å². The van der Waals surface area contributed by atoms with Crippen LogP contribution in [0.3, 0.4) is 0 Å². The first kappa shape index (κ1) is 25.6. The fraction of sp³-hybridized carbons (Fsp3) is 0.615. The van der Waals surface area contributed by atoms with E-state index in [9.17, 15) is 14.7 Å². The summed E-state index contributed by atoms with van der Waals surface area (Å²) in [7, 11) is 0. The molecule has 35 heavy (non-hydrogen) atoms. The van der Waals surface area contributed by atoms with Crippen LogP contribution >= 0.6 is 11.3 Å². The summed E-state index contributed by atoms with van der Waals surface area (Å²) in [5.41, 5.74) is 1.06. The molecule has 0 bridgehead atoms. The molecule has 1 aliphatic heterocycles. The highest BCUT2D eigenvalue weighted by atomic mass is 32.1. The molecule has 2 fully saturated rings. The van der Waals surface area contributed by atoms with Gasteiger partial charge in [-0.05, 0) is 85.3 Å².